The number of rotatable bonds is 4. The zero-order valence-corrected chi connectivity index (χ0v) is 9.60. The van der Waals surface area contributed by atoms with Crippen molar-refractivity contribution in [1.29, 1.82) is 0 Å². The summed E-state index contributed by atoms with van der Waals surface area (Å²) in [6.07, 6.45) is 3.02. The third-order valence-electron chi connectivity index (χ3n) is 2.42. The Morgan fingerprint density at radius 1 is 1.47 bits per heavy atom. The van der Waals surface area contributed by atoms with Crippen molar-refractivity contribution in [2.75, 3.05) is 13.6 Å². The molecule has 0 bridgehead atoms. The normalized spacial score (nSPS) is 11.9. The fourth-order valence-electron chi connectivity index (χ4n) is 1.44. The van der Waals surface area contributed by atoms with Crippen LogP contribution in [-0.4, -0.2) is 13.6 Å². The van der Waals surface area contributed by atoms with E-state index in [2.05, 4.69) is 12.2 Å². The summed E-state index contributed by atoms with van der Waals surface area (Å²) in [4.78, 5) is 0. The predicted molar refractivity (Wildman–Crippen MR) is 63.3 cm³/mol. The highest BCUT2D eigenvalue weighted by Crippen LogP contribution is 2.13. The van der Waals surface area contributed by atoms with Gasteiger partial charge in [-0.25, -0.2) is 4.39 Å². The van der Waals surface area contributed by atoms with Crippen molar-refractivity contribution in [3.05, 3.63) is 40.7 Å². The second-order valence-electron chi connectivity index (χ2n) is 3.70. The van der Waals surface area contributed by atoms with E-state index in [1.165, 1.54) is 5.57 Å². The van der Waals surface area contributed by atoms with Gasteiger partial charge in [0.15, 0.2) is 0 Å². The number of benzene rings is 1. The van der Waals surface area contributed by atoms with Crippen molar-refractivity contribution in [2.45, 2.75) is 20.3 Å². The van der Waals surface area contributed by atoms with Crippen LogP contribution >= 0.6 is 0 Å². The Balaban J connectivity index is 2.91. The quantitative estimate of drug-likeness (QED) is 0.799. The van der Waals surface area contributed by atoms with Crippen LogP contribution in [0.3, 0.4) is 0 Å². The van der Waals surface area contributed by atoms with Crippen molar-refractivity contribution in [3.8, 4) is 0 Å². The highest BCUT2D eigenvalue weighted by molar-refractivity contribution is 5.53. The topological polar surface area (TPSA) is 12.0 Å². The lowest BCUT2D eigenvalue weighted by atomic mass is 10.1. The molecule has 0 aliphatic heterocycles. The Morgan fingerprint density at radius 2 is 2.20 bits per heavy atom. The summed E-state index contributed by atoms with van der Waals surface area (Å²) in [7, 11) is 1.92. The van der Waals surface area contributed by atoms with E-state index >= 15 is 0 Å². The third-order valence-corrected chi connectivity index (χ3v) is 2.42. The molecule has 0 unspecified atom stereocenters. The van der Waals surface area contributed by atoms with Crippen LogP contribution in [0.1, 0.15) is 24.5 Å². The van der Waals surface area contributed by atoms with Gasteiger partial charge < -0.3 is 5.32 Å². The van der Waals surface area contributed by atoms with Crippen molar-refractivity contribution in [3.63, 3.8) is 0 Å². The Labute approximate surface area is 91.0 Å². The Kier molecular flexibility index (Phi) is 4.50. The van der Waals surface area contributed by atoms with E-state index in [1.807, 2.05) is 25.3 Å². The van der Waals surface area contributed by atoms with Crippen molar-refractivity contribution < 1.29 is 4.39 Å². The molecule has 1 N–H and O–H groups in total. The predicted octanol–water partition coefficient (Wildman–Crippen LogP) is 3.15. The van der Waals surface area contributed by atoms with Gasteiger partial charge in [-0.15, -0.1) is 0 Å². The van der Waals surface area contributed by atoms with Crippen LogP contribution in [0.4, 0.5) is 4.39 Å². The third kappa shape index (κ3) is 3.48. The molecule has 0 aromatic heterocycles. The molecule has 0 saturated heterocycles. The molecule has 0 aliphatic carbocycles. The second-order valence-corrected chi connectivity index (χ2v) is 3.70. The Hall–Kier alpha value is -1.15. The van der Waals surface area contributed by atoms with Crippen LogP contribution in [0.15, 0.2) is 23.8 Å². The maximum atomic E-state index is 13.3. The second kappa shape index (κ2) is 5.66. The minimum atomic E-state index is -0.135. The molecule has 0 radical (unpaired) electrons. The van der Waals surface area contributed by atoms with E-state index in [0.717, 1.165) is 18.5 Å². The van der Waals surface area contributed by atoms with Crippen LogP contribution in [0, 0.1) is 12.7 Å². The van der Waals surface area contributed by atoms with E-state index in [1.54, 1.807) is 13.0 Å². The van der Waals surface area contributed by atoms with Crippen molar-refractivity contribution in [2.24, 2.45) is 0 Å². The average Bonchev–Trinajstić information content (AvgIpc) is 2.23. The Morgan fingerprint density at radius 3 is 2.73 bits per heavy atom. The number of hydrogen-bond acceptors (Lipinski definition) is 1. The molecule has 1 aromatic rings. The summed E-state index contributed by atoms with van der Waals surface area (Å²) in [6.45, 7) is 4.73. The van der Waals surface area contributed by atoms with Crippen LogP contribution in [0.5, 0.6) is 0 Å². The fourth-order valence-corrected chi connectivity index (χ4v) is 1.44. The summed E-state index contributed by atoms with van der Waals surface area (Å²) in [5, 5.41) is 3.10. The van der Waals surface area contributed by atoms with Gasteiger partial charge in [-0.05, 0) is 37.6 Å². The lowest BCUT2D eigenvalue weighted by Gasteiger charge is -2.04. The van der Waals surface area contributed by atoms with E-state index in [4.69, 9.17) is 0 Å². The lowest BCUT2D eigenvalue weighted by Crippen LogP contribution is -2.09. The van der Waals surface area contributed by atoms with Gasteiger partial charge in [0.2, 0.25) is 0 Å². The minimum Gasteiger partial charge on any atom is -0.316 e. The molecule has 1 rings (SSSR count). The molecule has 82 valence electrons. The first-order chi connectivity index (χ1) is 7.17. The summed E-state index contributed by atoms with van der Waals surface area (Å²) >= 11 is 0. The number of likely N-dealkylation sites (N-methyl/N-ethyl adjacent to an activating group) is 1. The van der Waals surface area contributed by atoms with E-state index in [-0.39, 0.29) is 5.82 Å². The molecule has 15 heavy (non-hydrogen) atoms. The van der Waals surface area contributed by atoms with Gasteiger partial charge in [0.25, 0.3) is 0 Å². The summed E-state index contributed by atoms with van der Waals surface area (Å²) in [6, 6.07) is 5.35. The molecule has 0 atom stereocenters. The van der Waals surface area contributed by atoms with Gasteiger partial charge in [0.1, 0.15) is 5.82 Å². The molecule has 1 aromatic carbocycles. The maximum Gasteiger partial charge on any atom is 0.126 e. The summed E-state index contributed by atoms with van der Waals surface area (Å²) in [5.41, 5.74) is 2.91. The standard InChI is InChI=1S/C13H18FN/c1-4-11(9-15-3)7-12-6-5-10(2)13(14)8-12/h5-8,15H,4,9H2,1-3H3. The number of aryl methyl sites for hydroxylation is 1. The molecule has 0 spiro atoms. The van der Waals surface area contributed by atoms with Crippen LogP contribution in [0.2, 0.25) is 0 Å². The summed E-state index contributed by atoms with van der Waals surface area (Å²) < 4.78 is 13.3. The highest BCUT2D eigenvalue weighted by Gasteiger charge is 1.98. The van der Waals surface area contributed by atoms with Gasteiger partial charge in [-0.2, -0.15) is 0 Å². The highest BCUT2D eigenvalue weighted by atomic mass is 19.1. The van der Waals surface area contributed by atoms with Gasteiger partial charge in [0.05, 0.1) is 0 Å². The monoisotopic (exact) mass is 207 g/mol. The number of halogens is 1. The molecule has 2 heteroatoms. The van der Waals surface area contributed by atoms with E-state index < -0.39 is 0 Å². The molecule has 0 fully saturated rings. The smallest absolute Gasteiger partial charge is 0.126 e. The Bertz CT molecular complexity index is 356. The molecule has 0 amide bonds. The van der Waals surface area contributed by atoms with Gasteiger partial charge in [0, 0.05) is 6.54 Å². The van der Waals surface area contributed by atoms with Crippen LogP contribution < -0.4 is 5.32 Å². The first kappa shape index (κ1) is 11.9. The largest absolute Gasteiger partial charge is 0.316 e. The first-order valence-corrected chi connectivity index (χ1v) is 5.27. The van der Waals surface area contributed by atoms with Gasteiger partial charge >= 0.3 is 0 Å². The maximum absolute atomic E-state index is 13.3. The first-order valence-electron chi connectivity index (χ1n) is 5.27. The van der Waals surface area contributed by atoms with Crippen LogP contribution in [0.25, 0.3) is 6.08 Å². The zero-order valence-electron chi connectivity index (χ0n) is 9.60. The number of hydrogen-bond donors (Lipinski definition) is 1. The fraction of sp³-hybridized carbons (Fsp3) is 0.385. The molecular weight excluding hydrogens is 189 g/mol. The molecule has 1 nitrogen and oxygen atoms in total. The molecule has 0 heterocycles. The summed E-state index contributed by atoms with van der Waals surface area (Å²) in [5.74, 6) is -0.135. The van der Waals surface area contributed by atoms with Crippen molar-refractivity contribution in [1.82, 2.24) is 5.32 Å². The zero-order chi connectivity index (χ0) is 11.3. The number of nitrogens with one attached hydrogen (secondary N) is 1. The minimum absolute atomic E-state index is 0.135. The average molecular weight is 207 g/mol. The van der Waals surface area contributed by atoms with Crippen molar-refractivity contribution >= 4 is 6.08 Å². The molecule has 0 saturated carbocycles. The lowest BCUT2D eigenvalue weighted by molar-refractivity contribution is 0.618. The SMILES string of the molecule is CCC(=Cc1ccc(C)c(F)c1)CNC. The van der Waals surface area contributed by atoms with Gasteiger partial charge in [-0.3, -0.25) is 0 Å². The van der Waals surface area contributed by atoms with E-state index in [0.29, 0.717) is 5.56 Å². The van der Waals surface area contributed by atoms with Gasteiger partial charge in [-0.1, -0.05) is 30.7 Å². The van der Waals surface area contributed by atoms with Crippen LogP contribution in [-0.2, 0) is 0 Å². The molecular formula is C13H18FN. The van der Waals surface area contributed by atoms with E-state index in [9.17, 15) is 4.39 Å². The molecule has 0 aliphatic rings.